The molecule has 0 saturated heterocycles. The molecule has 2 N–H and O–H groups in total. The smallest absolute Gasteiger partial charge is 0.321 e. The zero-order valence-corrected chi connectivity index (χ0v) is 18.7. The number of nitrogens with one attached hydrogen (secondary N) is 2. The third-order valence-corrected chi connectivity index (χ3v) is 5.55. The van der Waals surface area contributed by atoms with Crippen LogP contribution in [0.5, 0.6) is 6.01 Å². The van der Waals surface area contributed by atoms with E-state index in [0.717, 1.165) is 36.2 Å². The van der Waals surface area contributed by atoms with Crippen molar-refractivity contribution in [2.75, 3.05) is 18.5 Å². The van der Waals surface area contributed by atoms with Crippen LogP contribution in [0.25, 0.3) is 5.70 Å². The quantitative estimate of drug-likeness (QED) is 0.612. The number of benzene rings is 2. The van der Waals surface area contributed by atoms with Crippen LogP contribution in [0.15, 0.2) is 55.1 Å². The summed E-state index contributed by atoms with van der Waals surface area (Å²) >= 11 is 0. The molecule has 0 unspecified atom stereocenters. The summed E-state index contributed by atoms with van der Waals surface area (Å²) in [7, 11) is 0. The lowest BCUT2D eigenvalue weighted by atomic mass is 10.0. The van der Waals surface area contributed by atoms with Crippen molar-refractivity contribution in [2.24, 2.45) is 0 Å². The highest BCUT2D eigenvalue weighted by Gasteiger charge is 2.09. The van der Waals surface area contributed by atoms with Gasteiger partial charge in [0.1, 0.15) is 5.82 Å². The van der Waals surface area contributed by atoms with Gasteiger partial charge in [0.05, 0.1) is 6.61 Å². The highest BCUT2D eigenvalue weighted by atomic mass is 16.5. The SMILES string of the molecule is C=C1NCCCCCc2ccc(cc2)CNc2nc(nc(OCC)n2)Cc2ccc1cc2. The van der Waals surface area contributed by atoms with Crippen molar-refractivity contribution in [3.05, 3.63) is 83.2 Å². The summed E-state index contributed by atoms with van der Waals surface area (Å²) in [4.78, 5) is 13.5. The second-order valence-electron chi connectivity index (χ2n) is 8.05. The molecule has 6 nitrogen and oxygen atoms in total. The molecule has 0 radical (unpaired) electrons. The Morgan fingerprint density at radius 2 is 1.59 bits per heavy atom. The van der Waals surface area contributed by atoms with Crippen LogP contribution in [0, 0.1) is 0 Å². The summed E-state index contributed by atoms with van der Waals surface area (Å²) in [5, 5.41) is 6.79. The molecular formula is C26H31N5O. The minimum Gasteiger partial charge on any atom is -0.464 e. The maximum atomic E-state index is 5.58. The van der Waals surface area contributed by atoms with Gasteiger partial charge in [-0.2, -0.15) is 15.0 Å². The number of anilines is 1. The summed E-state index contributed by atoms with van der Waals surface area (Å²) in [6, 6.07) is 17.5. The second-order valence-corrected chi connectivity index (χ2v) is 8.05. The van der Waals surface area contributed by atoms with Crippen LogP contribution in [0.1, 0.15) is 54.3 Å². The summed E-state index contributed by atoms with van der Waals surface area (Å²) in [6.07, 6.45) is 5.23. The Kier molecular flexibility index (Phi) is 7.33. The Bertz CT molecular complexity index is 1030. The molecule has 0 aliphatic carbocycles. The van der Waals surface area contributed by atoms with Crippen molar-refractivity contribution in [1.29, 1.82) is 0 Å². The van der Waals surface area contributed by atoms with Gasteiger partial charge >= 0.3 is 6.01 Å². The van der Waals surface area contributed by atoms with Crippen LogP contribution in [0.2, 0.25) is 0 Å². The number of nitrogens with zero attached hydrogens (tertiary/aromatic N) is 3. The second kappa shape index (κ2) is 10.8. The topological polar surface area (TPSA) is 72.0 Å². The first-order valence-electron chi connectivity index (χ1n) is 11.4. The van der Waals surface area contributed by atoms with Gasteiger partial charge < -0.3 is 15.4 Å². The van der Waals surface area contributed by atoms with Gasteiger partial charge in [-0.05, 0) is 48.4 Å². The molecule has 1 aromatic heterocycles. The summed E-state index contributed by atoms with van der Waals surface area (Å²) in [5.41, 5.74) is 5.76. The average molecular weight is 430 g/mol. The lowest BCUT2D eigenvalue weighted by molar-refractivity contribution is 0.310. The molecule has 0 atom stereocenters. The first-order chi connectivity index (χ1) is 15.7. The van der Waals surface area contributed by atoms with Crippen molar-refractivity contribution in [3.8, 4) is 6.01 Å². The van der Waals surface area contributed by atoms with E-state index in [-0.39, 0.29) is 0 Å². The predicted molar refractivity (Wildman–Crippen MR) is 129 cm³/mol. The molecule has 2 aromatic carbocycles. The van der Waals surface area contributed by atoms with E-state index in [2.05, 4.69) is 80.7 Å². The molecule has 6 heteroatoms. The van der Waals surface area contributed by atoms with Crippen molar-refractivity contribution in [2.45, 2.75) is 45.6 Å². The van der Waals surface area contributed by atoms with Crippen LogP contribution in [-0.4, -0.2) is 28.1 Å². The largest absolute Gasteiger partial charge is 0.464 e. The van der Waals surface area contributed by atoms with Gasteiger partial charge in [-0.25, -0.2) is 0 Å². The van der Waals surface area contributed by atoms with Crippen LogP contribution in [0.4, 0.5) is 5.95 Å². The normalized spacial score (nSPS) is 14.8. The first-order valence-corrected chi connectivity index (χ1v) is 11.4. The fraction of sp³-hybridized carbons (Fsp3) is 0.346. The maximum absolute atomic E-state index is 5.58. The van der Waals surface area contributed by atoms with Gasteiger partial charge in [0, 0.05) is 25.2 Å². The van der Waals surface area contributed by atoms with E-state index in [1.807, 2.05) is 6.92 Å². The minimum absolute atomic E-state index is 0.350. The third-order valence-electron chi connectivity index (χ3n) is 5.55. The Hall–Kier alpha value is -3.41. The van der Waals surface area contributed by atoms with Crippen molar-refractivity contribution in [3.63, 3.8) is 0 Å². The molecule has 4 aliphatic heterocycles. The molecule has 4 aliphatic rings. The molecule has 0 amide bonds. The summed E-state index contributed by atoms with van der Waals surface area (Å²) in [6.45, 7) is 8.22. The zero-order valence-electron chi connectivity index (χ0n) is 18.7. The Balaban J connectivity index is 1.58. The van der Waals surface area contributed by atoms with Crippen LogP contribution in [0.3, 0.4) is 0 Å². The number of rotatable bonds is 2. The highest BCUT2D eigenvalue weighted by molar-refractivity contribution is 5.61. The standard InChI is InChI=1S/C26H31N5O/c1-3-32-26-30-24-17-21-12-14-23(15-13-21)19(2)27-16-6-4-5-7-20-8-10-22(11-9-20)18-28-25(29-24)31-26/h8-15,27H,2-7,16-18H2,1H3,(H,28,29,30,31). The summed E-state index contributed by atoms with van der Waals surface area (Å²) in [5.74, 6) is 1.21. The maximum Gasteiger partial charge on any atom is 0.321 e. The molecule has 166 valence electrons. The van der Waals surface area contributed by atoms with Crippen molar-refractivity contribution < 1.29 is 4.74 Å². The van der Waals surface area contributed by atoms with Gasteiger partial charge in [-0.3, -0.25) is 0 Å². The Morgan fingerprint density at radius 3 is 2.38 bits per heavy atom. The fourth-order valence-corrected chi connectivity index (χ4v) is 3.73. The van der Waals surface area contributed by atoms with Crippen molar-refractivity contribution in [1.82, 2.24) is 20.3 Å². The predicted octanol–water partition coefficient (Wildman–Crippen LogP) is 4.76. The lowest BCUT2D eigenvalue weighted by Crippen LogP contribution is -2.13. The number of ether oxygens (including phenoxy) is 1. The zero-order chi connectivity index (χ0) is 22.2. The number of aryl methyl sites for hydroxylation is 1. The van der Waals surface area contributed by atoms with Gasteiger partial charge in [-0.1, -0.05) is 61.5 Å². The molecule has 0 spiro atoms. The molecule has 5 heterocycles. The fourth-order valence-electron chi connectivity index (χ4n) is 3.73. The van der Waals surface area contributed by atoms with E-state index >= 15 is 0 Å². The van der Waals surface area contributed by atoms with Gasteiger partial charge in [0.25, 0.3) is 0 Å². The van der Waals surface area contributed by atoms with E-state index in [4.69, 9.17) is 4.74 Å². The van der Waals surface area contributed by atoms with Crippen LogP contribution >= 0.6 is 0 Å². The lowest BCUT2D eigenvalue weighted by Gasteiger charge is -2.11. The number of hydrogen-bond donors (Lipinski definition) is 2. The number of aromatic nitrogens is 3. The molecule has 0 fully saturated rings. The van der Waals surface area contributed by atoms with E-state index < -0.39 is 0 Å². The van der Waals surface area contributed by atoms with E-state index in [9.17, 15) is 0 Å². The first kappa shape index (κ1) is 21.8. The van der Waals surface area contributed by atoms with Crippen LogP contribution in [-0.2, 0) is 19.4 Å². The van der Waals surface area contributed by atoms with Crippen LogP contribution < -0.4 is 15.4 Å². The molecule has 3 aromatic rings. The number of hydrogen-bond acceptors (Lipinski definition) is 6. The molecule has 0 saturated carbocycles. The monoisotopic (exact) mass is 429 g/mol. The highest BCUT2D eigenvalue weighted by Crippen LogP contribution is 2.17. The molecule has 6 bridgehead atoms. The summed E-state index contributed by atoms with van der Waals surface area (Å²) < 4.78 is 5.58. The van der Waals surface area contributed by atoms with Crippen molar-refractivity contribution >= 4 is 11.6 Å². The third kappa shape index (κ3) is 6.06. The van der Waals surface area contributed by atoms with E-state index in [1.165, 1.54) is 24.0 Å². The van der Waals surface area contributed by atoms with E-state index in [1.54, 1.807) is 0 Å². The molecule has 7 rings (SSSR count). The Labute approximate surface area is 190 Å². The average Bonchev–Trinajstić information content (AvgIpc) is 2.81. The molecular weight excluding hydrogens is 398 g/mol. The van der Waals surface area contributed by atoms with Gasteiger partial charge in [0.2, 0.25) is 5.95 Å². The Morgan fingerprint density at radius 1 is 0.844 bits per heavy atom. The van der Waals surface area contributed by atoms with E-state index in [0.29, 0.717) is 37.4 Å². The minimum atomic E-state index is 0.350. The molecule has 32 heavy (non-hydrogen) atoms. The van der Waals surface area contributed by atoms with Gasteiger partial charge in [-0.15, -0.1) is 0 Å². The van der Waals surface area contributed by atoms with Gasteiger partial charge in [0.15, 0.2) is 0 Å².